The molecule has 1 amide bonds. The number of halogens is 3. The topological polar surface area (TPSA) is 46.3 Å². The molecule has 1 aliphatic rings. The van der Waals surface area contributed by atoms with Crippen LogP contribution >= 0.6 is 12.2 Å². The number of carbonyl (C=O) groups excluding carboxylic acids is 1. The van der Waals surface area contributed by atoms with E-state index in [4.69, 9.17) is 18.0 Å². The fraction of sp³-hybridized carbons (Fsp3) is 0.833. The van der Waals surface area contributed by atoms with Crippen LogP contribution in [-0.4, -0.2) is 35.6 Å². The van der Waals surface area contributed by atoms with Crippen LogP contribution in [0.3, 0.4) is 0 Å². The minimum atomic E-state index is -4.30. The van der Waals surface area contributed by atoms with Crippen molar-refractivity contribution in [3.05, 3.63) is 0 Å². The monoisotopic (exact) mass is 296 g/mol. The molecule has 0 bridgehead atoms. The Bertz CT molecular complexity index is 346. The van der Waals surface area contributed by atoms with Crippen molar-refractivity contribution in [3.63, 3.8) is 0 Å². The molecule has 3 nitrogen and oxygen atoms in total. The van der Waals surface area contributed by atoms with Crippen molar-refractivity contribution >= 4 is 23.1 Å². The minimum Gasteiger partial charge on any atom is -0.393 e. The summed E-state index contributed by atoms with van der Waals surface area (Å²) < 4.78 is 38.8. The van der Waals surface area contributed by atoms with Crippen LogP contribution < -0.4 is 5.73 Å². The van der Waals surface area contributed by atoms with Crippen LogP contribution in [0.5, 0.6) is 0 Å². The molecule has 0 aliphatic heterocycles. The zero-order valence-electron chi connectivity index (χ0n) is 10.9. The van der Waals surface area contributed by atoms with Gasteiger partial charge in [-0.2, -0.15) is 13.2 Å². The van der Waals surface area contributed by atoms with Gasteiger partial charge in [-0.3, -0.25) is 4.79 Å². The lowest BCUT2D eigenvalue weighted by molar-refractivity contribution is -0.200. The molecule has 19 heavy (non-hydrogen) atoms. The Labute approximate surface area is 116 Å². The van der Waals surface area contributed by atoms with E-state index in [1.54, 1.807) is 0 Å². The van der Waals surface area contributed by atoms with Gasteiger partial charge in [0.2, 0.25) is 5.91 Å². The molecule has 0 saturated heterocycles. The highest BCUT2D eigenvalue weighted by Crippen LogP contribution is 2.42. The lowest BCUT2D eigenvalue weighted by Gasteiger charge is -2.34. The van der Waals surface area contributed by atoms with Gasteiger partial charge in [-0.25, -0.2) is 0 Å². The van der Waals surface area contributed by atoms with Crippen molar-refractivity contribution in [1.29, 1.82) is 0 Å². The van der Waals surface area contributed by atoms with Crippen LogP contribution in [0.2, 0.25) is 0 Å². The van der Waals surface area contributed by atoms with Crippen molar-refractivity contribution in [2.45, 2.75) is 38.3 Å². The molecule has 0 spiro atoms. The fourth-order valence-corrected chi connectivity index (χ4v) is 2.58. The molecular weight excluding hydrogens is 277 g/mol. The van der Waals surface area contributed by atoms with Crippen LogP contribution in [0.4, 0.5) is 13.2 Å². The van der Waals surface area contributed by atoms with E-state index < -0.39 is 23.9 Å². The second kappa shape index (κ2) is 6.54. The first kappa shape index (κ1) is 16.2. The van der Waals surface area contributed by atoms with Gasteiger partial charge in [0.15, 0.2) is 0 Å². The largest absolute Gasteiger partial charge is 0.393 e. The lowest BCUT2D eigenvalue weighted by atomic mass is 9.78. The van der Waals surface area contributed by atoms with Crippen LogP contribution in [0, 0.1) is 11.8 Å². The maximum Gasteiger partial charge on any atom is 0.392 e. The molecule has 1 aliphatic carbocycles. The van der Waals surface area contributed by atoms with Crippen molar-refractivity contribution in [1.82, 2.24) is 4.90 Å². The average Bonchev–Trinajstić information content (AvgIpc) is 2.34. The number of hydrogen-bond donors (Lipinski definition) is 1. The Kier molecular flexibility index (Phi) is 5.58. The smallest absolute Gasteiger partial charge is 0.392 e. The van der Waals surface area contributed by atoms with Crippen LogP contribution in [0.1, 0.15) is 32.1 Å². The number of nitrogens with two attached hydrogens (primary N) is 1. The van der Waals surface area contributed by atoms with E-state index in [0.717, 1.165) is 0 Å². The van der Waals surface area contributed by atoms with E-state index in [0.29, 0.717) is 25.7 Å². The molecule has 0 aromatic rings. The maximum absolute atomic E-state index is 12.9. The molecule has 0 aromatic carbocycles. The van der Waals surface area contributed by atoms with Gasteiger partial charge in [0.05, 0.1) is 10.9 Å². The summed E-state index contributed by atoms with van der Waals surface area (Å²) in [5.74, 6) is -2.91. The van der Waals surface area contributed by atoms with E-state index in [1.165, 1.54) is 11.9 Å². The highest BCUT2D eigenvalue weighted by atomic mass is 32.1. The zero-order chi connectivity index (χ0) is 14.6. The number of rotatable bonds is 4. The van der Waals surface area contributed by atoms with Gasteiger partial charge in [0.1, 0.15) is 0 Å². The summed E-state index contributed by atoms with van der Waals surface area (Å²) in [6, 6.07) is 0. The molecule has 2 unspecified atom stereocenters. The Morgan fingerprint density at radius 1 is 1.37 bits per heavy atom. The Morgan fingerprint density at radius 2 is 1.95 bits per heavy atom. The lowest BCUT2D eigenvalue weighted by Crippen LogP contribution is -2.43. The molecule has 7 heteroatoms. The first-order valence-corrected chi connectivity index (χ1v) is 6.74. The standard InChI is InChI=1S/C12H19F3N2OS/c1-17(7-6-10(16)19)11(18)8-4-2-3-5-9(8)12(13,14)15/h8-9H,2-7H2,1H3,(H2,16,19). The molecule has 2 atom stereocenters. The maximum atomic E-state index is 12.9. The summed E-state index contributed by atoms with van der Waals surface area (Å²) in [4.78, 5) is 13.7. The van der Waals surface area contributed by atoms with Crippen molar-refractivity contribution in [2.75, 3.05) is 13.6 Å². The number of carbonyl (C=O) groups is 1. The molecule has 0 heterocycles. The van der Waals surface area contributed by atoms with Gasteiger partial charge >= 0.3 is 6.18 Å². The number of hydrogen-bond acceptors (Lipinski definition) is 2. The van der Waals surface area contributed by atoms with Gasteiger partial charge in [0.25, 0.3) is 0 Å². The van der Waals surface area contributed by atoms with Gasteiger partial charge in [0, 0.05) is 25.9 Å². The van der Waals surface area contributed by atoms with Crippen LogP contribution in [0.15, 0.2) is 0 Å². The van der Waals surface area contributed by atoms with Gasteiger partial charge in [-0.05, 0) is 12.8 Å². The summed E-state index contributed by atoms with van der Waals surface area (Å²) in [7, 11) is 1.50. The number of thiocarbonyl (C=S) groups is 1. The van der Waals surface area contributed by atoms with Crippen molar-refractivity contribution in [3.8, 4) is 0 Å². The second-order valence-electron chi connectivity index (χ2n) is 5.02. The van der Waals surface area contributed by atoms with E-state index in [1.807, 2.05) is 0 Å². The van der Waals surface area contributed by atoms with E-state index in [-0.39, 0.29) is 18.0 Å². The van der Waals surface area contributed by atoms with E-state index in [2.05, 4.69) is 0 Å². The third kappa shape index (κ3) is 4.63. The van der Waals surface area contributed by atoms with E-state index in [9.17, 15) is 18.0 Å². The quantitative estimate of drug-likeness (QED) is 0.811. The van der Waals surface area contributed by atoms with Crippen LogP contribution in [0.25, 0.3) is 0 Å². The molecule has 1 fully saturated rings. The first-order valence-electron chi connectivity index (χ1n) is 6.33. The van der Waals surface area contributed by atoms with Crippen molar-refractivity contribution in [2.24, 2.45) is 17.6 Å². The molecule has 1 rings (SSSR count). The second-order valence-corrected chi connectivity index (χ2v) is 5.54. The molecule has 110 valence electrons. The predicted molar refractivity (Wildman–Crippen MR) is 70.5 cm³/mol. The summed E-state index contributed by atoms with van der Waals surface area (Å²) in [6.45, 7) is 0.273. The normalized spacial score (nSPS) is 24.0. The zero-order valence-corrected chi connectivity index (χ0v) is 11.7. The highest BCUT2D eigenvalue weighted by Gasteiger charge is 2.48. The Hall–Kier alpha value is -0.850. The average molecular weight is 296 g/mol. The van der Waals surface area contributed by atoms with Gasteiger partial charge in [-0.15, -0.1) is 0 Å². The summed E-state index contributed by atoms with van der Waals surface area (Å²) in [5.41, 5.74) is 5.33. The highest BCUT2D eigenvalue weighted by molar-refractivity contribution is 7.80. The SMILES string of the molecule is CN(CCC(N)=S)C(=O)C1CCCCC1C(F)(F)F. The molecule has 0 aromatic heterocycles. The predicted octanol–water partition coefficient (Wildman–Crippen LogP) is 2.49. The molecule has 1 saturated carbocycles. The molecule has 0 radical (unpaired) electrons. The number of nitrogens with zero attached hydrogens (tertiary/aromatic N) is 1. The van der Waals surface area contributed by atoms with E-state index >= 15 is 0 Å². The Balaban J connectivity index is 2.69. The molecule has 2 N–H and O–H groups in total. The first-order chi connectivity index (χ1) is 8.73. The van der Waals surface area contributed by atoms with Gasteiger partial charge in [-0.1, -0.05) is 25.1 Å². The Morgan fingerprint density at radius 3 is 2.47 bits per heavy atom. The van der Waals surface area contributed by atoms with Crippen molar-refractivity contribution < 1.29 is 18.0 Å². The van der Waals surface area contributed by atoms with Crippen LogP contribution in [-0.2, 0) is 4.79 Å². The summed E-state index contributed by atoms with van der Waals surface area (Å²) in [5, 5.41) is 0. The molecular formula is C12H19F3N2OS. The number of alkyl halides is 3. The summed E-state index contributed by atoms with van der Waals surface area (Å²) >= 11 is 4.70. The summed E-state index contributed by atoms with van der Waals surface area (Å²) in [6.07, 6.45) is -2.41. The van der Waals surface area contributed by atoms with Gasteiger partial charge < -0.3 is 10.6 Å². The minimum absolute atomic E-state index is 0.0447. The third-order valence-corrected chi connectivity index (χ3v) is 3.78. The third-order valence-electron chi connectivity index (χ3n) is 3.57. The number of amides is 1. The fourth-order valence-electron chi connectivity index (χ4n) is 2.49.